The Balaban J connectivity index is 2.76. The van der Waals surface area contributed by atoms with E-state index in [0.29, 0.717) is 5.02 Å². The molecule has 0 unspecified atom stereocenters. The molecule has 1 aromatic heterocycles. The van der Waals surface area contributed by atoms with Gasteiger partial charge in [0.1, 0.15) is 5.69 Å². The molecule has 0 N–H and O–H groups in total. The Labute approximate surface area is 90.7 Å². The fourth-order valence-electron chi connectivity index (χ4n) is 1.01. The summed E-state index contributed by atoms with van der Waals surface area (Å²) >= 11 is 5.64. The van der Waals surface area contributed by atoms with Crippen LogP contribution in [0, 0.1) is 0 Å². The van der Waals surface area contributed by atoms with Crippen LogP contribution in [-0.4, -0.2) is 35.8 Å². The molecule has 0 aliphatic carbocycles. The van der Waals surface area contributed by atoms with Gasteiger partial charge in [0, 0.05) is 18.3 Å². The Morgan fingerprint density at radius 2 is 2.33 bits per heavy atom. The first-order chi connectivity index (χ1) is 7.00. The van der Waals surface area contributed by atoms with E-state index in [1.54, 1.807) is 0 Å². The normalized spacial score (nSPS) is 10.5. The number of carbonyl (C=O) groups excluding carboxylic acids is 1. The largest absolute Gasteiger partial charge is 0.335 e. The second-order valence-electron chi connectivity index (χ2n) is 2.94. The predicted octanol–water partition coefficient (Wildman–Crippen LogP) is 2.07. The van der Waals surface area contributed by atoms with Crippen LogP contribution < -0.4 is 0 Å². The highest BCUT2D eigenvalue weighted by Crippen LogP contribution is 2.10. The van der Waals surface area contributed by atoms with Gasteiger partial charge in [-0.25, -0.2) is 8.78 Å². The van der Waals surface area contributed by atoms with Gasteiger partial charge in [-0.2, -0.15) is 0 Å². The first-order valence-electron chi connectivity index (χ1n) is 4.16. The third-order valence-corrected chi connectivity index (χ3v) is 1.93. The van der Waals surface area contributed by atoms with E-state index in [2.05, 4.69) is 4.98 Å². The van der Waals surface area contributed by atoms with Crippen LogP contribution in [-0.2, 0) is 0 Å². The van der Waals surface area contributed by atoms with Crippen LogP contribution in [0.2, 0.25) is 5.02 Å². The van der Waals surface area contributed by atoms with Crippen molar-refractivity contribution in [3.63, 3.8) is 0 Å². The number of amides is 1. The molecule has 0 aliphatic rings. The second kappa shape index (κ2) is 5.02. The summed E-state index contributed by atoms with van der Waals surface area (Å²) in [6.07, 6.45) is -1.20. The van der Waals surface area contributed by atoms with Crippen LogP contribution in [0.4, 0.5) is 8.78 Å². The van der Waals surface area contributed by atoms with Crippen LogP contribution >= 0.6 is 11.6 Å². The molecule has 0 radical (unpaired) electrons. The van der Waals surface area contributed by atoms with Crippen molar-refractivity contribution in [1.29, 1.82) is 0 Å². The number of alkyl halides is 2. The summed E-state index contributed by atoms with van der Waals surface area (Å²) in [5.41, 5.74) is 0.0608. The summed E-state index contributed by atoms with van der Waals surface area (Å²) in [5, 5.41) is 0.346. The molecular weight excluding hydrogens is 226 g/mol. The Morgan fingerprint density at radius 1 is 1.67 bits per heavy atom. The van der Waals surface area contributed by atoms with Crippen molar-refractivity contribution in [1.82, 2.24) is 9.88 Å². The Kier molecular flexibility index (Phi) is 3.96. The summed E-state index contributed by atoms with van der Waals surface area (Å²) in [5.74, 6) is -0.571. The number of nitrogens with zero attached hydrogens (tertiary/aromatic N) is 2. The minimum absolute atomic E-state index is 0.0608. The highest BCUT2D eigenvalue weighted by Gasteiger charge is 2.16. The molecule has 0 bridgehead atoms. The van der Waals surface area contributed by atoms with Gasteiger partial charge in [-0.05, 0) is 12.1 Å². The summed E-state index contributed by atoms with van der Waals surface area (Å²) in [7, 11) is 1.29. The van der Waals surface area contributed by atoms with E-state index in [0.717, 1.165) is 4.90 Å². The van der Waals surface area contributed by atoms with Crippen LogP contribution in [0.1, 0.15) is 10.5 Å². The Hall–Kier alpha value is -1.23. The van der Waals surface area contributed by atoms with Gasteiger partial charge in [0.25, 0.3) is 12.3 Å². The van der Waals surface area contributed by atoms with E-state index in [1.165, 1.54) is 25.4 Å². The van der Waals surface area contributed by atoms with E-state index in [4.69, 9.17) is 11.6 Å². The standard InChI is InChI=1S/C9H9ClF2N2O/c1-14(5-8(11)12)9(15)7-4-6(10)2-3-13-7/h2-4,8H,5H2,1H3. The van der Waals surface area contributed by atoms with Crippen LogP contribution in [0.5, 0.6) is 0 Å². The summed E-state index contributed by atoms with van der Waals surface area (Å²) < 4.78 is 24.0. The zero-order chi connectivity index (χ0) is 11.4. The van der Waals surface area contributed by atoms with E-state index >= 15 is 0 Å². The zero-order valence-electron chi connectivity index (χ0n) is 7.95. The Morgan fingerprint density at radius 3 is 2.87 bits per heavy atom. The average Bonchev–Trinajstić information content (AvgIpc) is 2.15. The Bertz CT molecular complexity index is 360. The van der Waals surface area contributed by atoms with Crippen molar-refractivity contribution in [2.24, 2.45) is 0 Å². The maximum atomic E-state index is 12.0. The minimum atomic E-state index is -2.56. The maximum absolute atomic E-state index is 12.0. The van der Waals surface area contributed by atoms with Crippen LogP contribution in [0.15, 0.2) is 18.3 Å². The molecule has 0 atom stereocenters. The van der Waals surface area contributed by atoms with Gasteiger partial charge < -0.3 is 4.90 Å². The highest BCUT2D eigenvalue weighted by atomic mass is 35.5. The predicted molar refractivity (Wildman–Crippen MR) is 52.2 cm³/mol. The molecule has 3 nitrogen and oxygen atoms in total. The molecule has 0 fully saturated rings. The van der Waals surface area contributed by atoms with E-state index in [1.807, 2.05) is 0 Å². The van der Waals surface area contributed by atoms with Crippen LogP contribution in [0.25, 0.3) is 0 Å². The monoisotopic (exact) mass is 234 g/mol. The van der Waals surface area contributed by atoms with Crippen molar-refractivity contribution in [3.05, 3.63) is 29.0 Å². The summed E-state index contributed by atoms with van der Waals surface area (Å²) in [6.45, 7) is -0.618. The van der Waals surface area contributed by atoms with Gasteiger partial charge >= 0.3 is 0 Å². The topological polar surface area (TPSA) is 33.2 Å². The maximum Gasteiger partial charge on any atom is 0.272 e. The quantitative estimate of drug-likeness (QED) is 0.802. The molecule has 0 saturated carbocycles. The lowest BCUT2D eigenvalue weighted by molar-refractivity contribution is 0.0615. The van der Waals surface area contributed by atoms with Crippen molar-refractivity contribution < 1.29 is 13.6 Å². The smallest absolute Gasteiger partial charge is 0.272 e. The number of pyridine rings is 1. The summed E-state index contributed by atoms with van der Waals surface area (Å²) in [4.78, 5) is 16.2. The lowest BCUT2D eigenvalue weighted by Crippen LogP contribution is -2.31. The van der Waals surface area contributed by atoms with Crippen molar-refractivity contribution in [3.8, 4) is 0 Å². The van der Waals surface area contributed by atoms with Gasteiger partial charge in [-0.1, -0.05) is 11.6 Å². The fourth-order valence-corrected chi connectivity index (χ4v) is 1.17. The molecule has 1 amide bonds. The average molecular weight is 235 g/mol. The molecule has 0 aromatic carbocycles. The van der Waals surface area contributed by atoms with Gasteiger partial charge in [0.05, 0.1) is 6.54 Å². The van der Waals surface area contributed by atoms with Crippen molar-refractivity contribution in [2.45, 2.75) is 6.43 Å². The van der Waals surface area contributed by atoms with Crippen LogP contribution in [0.3, 0.4) is 0 Å². The number of rotatable bonds is 3. The fraction of sp³-hybridized carbons (Fsp3) is 0.333. The number of carbonyl (C=O) groups is 1. The lowest BCUT2D eigenvalue weighted by atomic mass is 10.3. The second-order valence-corrected chi connectivity index (χ2v) is 3.37. The third-order valence-electron chi connectivity index (χ3n) is 1.70. The highest BCUT2D eigenvalue weighted by molar-refractivity contribution is 6.30. The molecule has 1 aromatic rings. The first kappa shape index (κ1) is 11.8. The number of hydrogen-bond acceptors (Lipinski definition) is 2. The van der Waals surface area contributed by atoms with Gasteiger partial charge in [0.15, 0.2) is 0 Å². The number of halogens is 3. The molecule has 1 heterocycles. The third kappa shape index (κ3) is 3.43. The van der Waals surface area contributed by atoms with E-state index < -0.39 is 18.9 Å². The number of aromatic nitrogens is 1. The minimum Gasteiger partial charge on any atom is -0.335 e. The molecule has 15 heavy (non-hydrogen) atoms. The van der Waals surface area contributed by atoms with E-state index in [-0.39, 0.29) is 5.69 Å². The zero-order valence-corrected chi connectivity index (χ0v) is 8.71. The van der Waals surface area contributed by atoms with Gasteiger partial charge in [-0.3, -0.25) is 9.78 Å². The SMILES string of the molecule is CN(CC(F)F)C(=O)c1cc(Cl)ccn1. The van der Waals surface area contributed by atoms with Gasteiger partial charge in [-0.15, -0.1) is 0 Å². The van der Waals surface area contributed by atoms with E-state index in [9.17, 15) is 13.6 Å². The molecule has 82 valence electrons. The molecule has 0 aliphatic heterocycles. The molecule has 0 saturated heterocycles. The molecule has 6 heteroatoms. The molecule has 1 rings (SSSR count). The van der Waals surface area contributed by atoms with Crippen molar-refractivity contribution in [2.75, 3.05) is 13.6 Å². The molecular formula is C9H9ClF2N2O. The van der Waals surface area contributed by atoms with Crippen molar-refractivity contribution >= 4 is 17.5 Å². The molecule has 0 spiro atoms. The number of hydrogen-bond donors (Lipinski definition) is 0. The first-order valence-corrected chi connectivity index (χ1v) is 4.53. The summed E-state index contributed by atoms with van der Waals surface area (Å²) in [6, 6.07) is 2.84. The van der Waals surface area contributed by atoms with Gasteiger partial charge in [0.2, 0.25) is 0 Å². The lowest BCUT2D eigenvalue weighted by Gasteiger charge is -2.15.